The lowest BCUT2D eigenvalue weighted by Crippen LogP contribution is -2.30. The van der Waals surface area contributed by atoms with E-state index in [9.17, 15) is 10.2 Å². The Labute approximate surface area is 109 Å². The van der Waals surface area contributed by atoms with Crippen LogP contribution in [0.1, 0.15) is 44.9 Å². The molecule has 0 spiro atoms. The van der Waals surface area contributed by atoms with Gasteiger partial charge in [-0.1, -0.05) is 32.1 Å². The van der Waals surface area contributed by atoms with Crippen molar-refractivity contribution >= 4 is 0 Å². The summed E-state index contributed by atoms with van der Waals surface area (Å²) < 4.78 is 1.80. The first-order valence-corrected chi connectivity index (χ1v) is 7.07. The van der Waals surface area contributed by atoms with Crippen LogP contribution in [0.25, 0.3) is 0 Å². The molecule has 1 fully saturated rings. The zero-order valence-electron chi connectivity index (χ0n) is 10.9. The van der Waals surface area contributed by atoms with Crippen LogP contribution in [0, 0.1) is 5.92 Å². The van der Waals surface area contributed by atoms with Gasteiger partial charge < -0.3 is 14.8 Å². The number of imidazole rings is 1. The molecule has 2 atom stereocenters. The summed E-state index contributed by atoms with van der Waals surface area (Å²) in [4.78, 5) is 3.92. The van der Waals surface area contributed by atoms with Crippen LogP contribution in [-0.2, 0) is 6.54 Å². The zero-order valence-corrected chi connectivity index (χ0v) is 10.9. The van der Waals surface area contributed by atoms with E-state index in [1.807, 2.05) is 0 Å². The predicted molar refractivity (Wildman–Crippen MR) is 70.0 cm³/mol. The molecule has 18 heavy (non-hydrogen) atoms. The molecule has 4 heteroatoms. The lowest BCUT2D eigenvalue weighted by atomic mass is 9.85. The average molecular weight is 252 g/mol. The van der Waals surface area contributed by atoms with Gasteiger partial charge in [0.25, 0.3) is 0 Å². The van der Waals surface area contributed by atoms with Crippen LogP contribution in [0.15, 0.2) is 18.7 Å². The summed E-state index contributed by atoms with van der Waals surface area (Å²) in [5.74, 6) is 0.758. The summed E-state index contributed by atoms with van der Waals surface area (Å²) in [6.45, 7) is 0.422. The molecule has 1 aromatic rings. The quantitative estimate of drug-likeness (QED) is 0.813. The van der Waals surface area contributed by atoms with Gasteiger partial charge >= 0.3 is 0 Å². The lowest BCUT2D eigenvalue weighted by molar-refractivity contribution is 0.000741. The summed E-state index contributed by atoms with van der Waals surface area (Å²) >= 11 is 0. The maximum atomic E-state index is 9.96. The fourth-order valence-electron chi connectivity index (χ4n) is 2.81. The standard InChI is InChI=1S/C14H24N2O2/c17-13(7-6-12-4-2-1-3-5-12)14(18)10-16-9-8-15-11-16/h8-9,11-14,17-18H,1-7,10H2. The molecule has 102 valence electrons. The highest BCUT2D eigenvalue weighted by molar-refractivity contribution is 4.78. The van der Waals surface area contributed by atoms with Crippen molar-refractivity contribution in [3.63, 3.8) is 0 Å². The van der Waals surface area contributed by atoms with Crippen LogP contribution in [0.3, 0.4) is 0 Å². The Hall–Kier alpha value is -0.870. The van der Waals surface area contributed by atoms with Crippen LogP contribution in [0.5, 0.6) is 0 Å². The summed E-state index contributed by atoms with van der Waals surface area (Å²) in [5.41, 5.74) is 0. The molecule has 0 radical (unpaired) electrons. The molecule has 2 N–H and O–H groups in total. The monoisotopic (exact) mass is 252 g/mol. The van der Waals surface area contributed by atoms with Gasteiger partial charge in [0, 0.05) is 12.4 Å². The molecule has 0 bridgehead atoms. The molecule has 0 aromatic carbocycles. The van der Waals surface area contributed by atoms with E-state index in [0.717, 1.165) is 12.3 Å². The topological polar surface area (TPSA) is 58.3 Å². The third-order valence-corrected chi connectivity index (χ3v) is 4.00. The van der Waals surface area contributed by atoms with Gasteiger partial charge in [-0.2, -0.15) is 0 Å². The molecule has 0 amide bonds. The second-order valence-corrected chi connectivity index (χ2v) is 5.48. The Balaban J connectivity index is 1.68. The molecular weight excluding hydrogens is 228 g/mol. The summed E-state index contributed by atoms with van der Waals surface area (Å²) in [7, 11) is 0. The van der Waals surface area contributed by atoms with Crippen molar-refractivity contribution in [3.8, 4) is 0 Å². The van der Waals surface area contributed by atoms with Gasteiger partial charge in [-0.05, 0) is 18.8 Å². The lowest BCUT2D eigenvalue weighted by Gasteiger charge is -2.24. The van der Waals surface area contributed by atoms with Gasteiger partial charge in [0.1, 0.15) is 0 Å². The van der Waals surface area contributed by atoms with Crippen LogP contribution >= 0.6 is 0 Å². The number of aromatic nitrogens is 2. The van der Waals surface area contributed by atoms with Gasteiger partial charge in [0.15, 0.2) is 0 Å². The van der Waals surface area contributed by atoms with E-state index in [1.165, 1.54) is 32.1 Å². The molecule has 1 aliphatic carbocycles. The van der Waals surface area contributed by atoms with Crippen molar-refractivity contribution < 1.29 is 10.2 Å². The van der Waals surface area contributed by atoms with Gasteiger partial charge in [0.05, 0.1) is 25.1 Å². The van der Waals surface area contributed by atoms with Crippen molar-refractivity contribution in [2.45, 2.75) is 63.7 Å². The minimum Gasteiger partial charge on any atom is -0.390 e. The van der Waals surface area contributed by atoms with Gasteiger partial charge in [0.2, 0.25) is 0 Å². The Morgan fingerprint density at radius 2 is 1.94 bits per heavy atom. The fourth-order valence-corrected chi connectivity index (χ4v) is 2.81. The van der Waals surface area contributed by atoms with Crippen LogP contribution < -0.4 is 0 Å². The normalized spacial score (nSPS) is 20.8. The number of rotatable bonds is 6. The average Bonchev–Trinajstić information content (AvgIpc) is 2.90. The number of hydrogen-bond acceptors (Lipinski definition) is 3. The number of aliphatic hydroxyl groups excluding tert-OH is 2. The Morgan fingerprint density at radius 1 is 1.17 bits per heavy atom. The SMILES string of the molecule is OC(CCC1CCCCC1)C(O)Cn1ccnc1. The number of nitrogens with zero attached hydrogens (tertiary/aromatic N) is 2. The molecule has 2 unspecified atom stereocenters. The van der Waals surface area contributed by atoms with Crippen molar-refractivity contribution in [2.75, 3.05) is 0 Å². The summed E-state index contributed by atoms with van der Waals surface area (Å²) in [6.07, 6.45) is 12.2. The van der Waals surface area contributed by atoms with E-state index in [2.05, 4.69) is 4.98 Å². The second-order valence-electron chi connectivity index (χ2n) is 5.48. The second kappa shape index (κ2) is 6.90. The fraction of sp³-hybridized carbons (Fsp3) is 0.786. The largest absolute Gasteiger partial charge is 0.390 e. The number of aliphatic hydroxyl groups is 2. The van der Waals surface area contributed by atoms with E-state index in [4.69, 9.17) is 0 Å². The van der Waals surface area contributed by atoms with E-state index in [-0.39, 0.29) is 0 Å². The van der Waals surface area contributed by atoms with Crippen molar-refractivity contribution in [1.29, 1.82) is 0 Å². The molecule has 2 rings (SSSR count). The molecule has 1 aliphatic rings. The highest BCUT2D eigenvalue weighted by atomic mass is 16.3. The third kappa shape index (κ3) is 4.10. The van der Waals surface area contributed by atoms with E-state index in [1.54, 1.807) is 23.3 Å². The highest BCUT2D eigenvalue weighted by Crippen LogP contribution is 2.28. The molecule has 1 saturated carbocycles. The highest BCUT2D eigenvalue weighted by Gasteiger charge is 2.20. The van der Waals surface area contributed by atoms with Crippen LogP contribution in [-0.4, -0.2) is 32.0 Å². The first-order chi connectivity index (χ1) is 8.75. The Kier molecular flexibility index (Phi) is 5.20. The van der Waals surface area contributed by atoms with E-state index >= 15 is 0 Å². The molecule has 0 saturated heterocycles. The maximum Gasteiger partial charge on any atom is 0.0977 e. The van der Waals surface area contributed by atoms with Gasteiger partial charge in [-0.15, -0.1) is 0 Å². The summed E-state index contributed by atoms with van der Waals surface area (Å²) in [5, 5.41) is 19.9. The minimum absolute atomic E-state index is 0.422. The van der Waals surface area contributed by atoms with Gasteiger partial charge in [-0.3, -0.25) is 0 Å². The molecule has 1 heterocycles. The summed E-state index contributed by atoms with van der Waals surface area (Å²) in [6, 6.07) is 0. The number of hydrogen-bond donors (Lipinski definition) is 2. The first-order valence-electron chi connectivity index (χ1n) is 7.07. The maximum absolute atomic E-state index is 9.96. The predicted octanol–water partition coefficient (Wildman–Crippen LogP) is 1.97. The molecule has 0 aliphatic heterocycles. The minimum atomic E-state index is -0.692. The van der Waals surface area contributed by atoms with Crippen LogP contribution in [0.4, 0.5) is 0 Å². The van der Waals surface area contributed by atoms with Crippen molar-refractivity contribution in [1.82, 2.24) is 9.55 Å². The molecule has 4 nitrogen and oxygen atoms in total. The van der Waals surface area contributed by atoms with E-state index < -0.39 is 12.2 Å². The third-order valence-electron chi connectivity index (χ3n) is 4.00. The van der Waals surface area contributed by atoms with Crippen molar-refractivity contribution in [3.05, 3.63) is 18.7 Å². The zero-order chi connectivity index (χ0) is 12.8. The van der Waals surface area contributed by atoms with Crippen LogP contribution in [0.2, 0.25) is 0 Å². The smallest absolute Gasteiger partial charge is 0.0977 e. The van der Waals surface area contributed by atoms with Gasteiger partial charge in [-0.25, -0.2) is 4.98 Å². The molecular formula is C14H24N2O2. The van der Waals surface area contributed by atoms with Crippen molar-refractivity contribution in [2.24, 2.45) is 5.92 Å². The Morgan fingerprint density at radius 3 is 2.61 bits per heavy atom. The Bertz CT molecular complexity index is 321. The van der Waals surface area contributed by atoms with E-state index in [0.29, 0.717) is 13.0 Å². The first kappa shape index (κ1) is 13.6. The molecule has 1 aromatic heterocycles.